The highest BCUT2D eigenvalue weighted by molar-refractivity contribution is 6.21. The van der Waals surface area contributed by atoms with Gasteiger partial charge in [-0.2, -0.15) is 0 Å². The number of rotatable bonds is 17. The monoisotopic (exact) mass is 500 g/mol. The lowest BCUT2D eigenvalue weighted by Gasteiger charge is -2.29. The molecule has 1 amide bonds. The average Bonchev–Trinajstić information content (AvgIpc) is 2.81. The first-order chi connectivity index (χ1) is 16.2. The molecule has 34 heavy (non-hydrogen) atoms. The maximum absolute atomic E-state index is 12.4. The highest BCUT2D eigenvalue weighted by Crippen LogP contribution is 2.31. The molecule has 8 heteroatoms. The molecule has 0 heterocycles. The summed E-state index contributed by atoms with van der Waals surface area (Å²) in [7, 11) is 3.30. The first kappa shape index (κ1) is 30.5. The molecule has 0 aromatic heterocycles. The summed E-state index contributed by atoms with van der Waals surface area (Å²) in [5.41, 5.74) is 7.48. The number of nitrogens with zero attached hydrogens (tertiary/aromatic N) is 1. The second-order valence-corrected chi connectivity index (χ2v) is 9.66. The van der Waals surface area contributed by atoms with Gasteiger partial charge in [-0.3, -0.25) is 9.21 Å². The summed E-state index contributed by atoms with van der Waals surface area (Å²) in [6.07, 6.45) is 2.73. The summed E-state index contributed by atoms with van der Waals surface area (Å²) < 4.78 is 17.5. The molecule has 3 atom stereocenters. The molecular weight excluding hydrogens is 456 g/mol. The Hall–Kier alpha value is -1.54. The van der Waals surface area contributed by atoms with E-state index < -0.39 is 12.1 Å². The number of amides is 1. The van der Waals surface area contributed by atoms with Crippen molar-refractivity contribution < 1.29 is 24.1 Å². The van der Waals surface area contributed by atoms with Crippen LogP contribution in [0.3, 0.4) is 0 Å². The van der Waals surface area contributed by atoms with Gasteiger partial charge in [-0.25, -0.2) is 0 Å². The fraction of sp³-hybridized carbons (Fsp3) is 0.731. The summed E-state index contributed by atoms with van der Waals surface area (Å²) in [5, 5.41) is 10.7. The minimum absolute atomic E-state index is 0.0187. The standard InChI is InChI=1S/C26H45ClN2O5/c1-7-20(8-2)26(31)29(27)17-23(30)22(28)16-21(18(3)4)14-19-10-11-24(33-6)25(15-19)34-13-9-12-32-5/h10-11,15,18,20-23,30H,7-9,12-14,16-17,28H2,1-6H3/t21-,22-,23-/m0/s1. The highest BCUT2D eigenvalue weighted by atomic mass is 35.5. The highest BCUT2D eigenvalue weighted by Gasteiger charge is 2.27. The van der Waals surface area contributed by atoms with E-state index in [0.29, 0.717) is 37.1 Å². The first-order valence-corrected chi connectivity index (χ1v) is 12.7. The second-order valence-electron chi connectivity index (χ2n) is 9.25. The third-order valence-electron chi connectivity index (χ3n) is 6.41. The van der Waals surface area contributed by atoms with E-state index in [2.05, 4.69) is 13.8 Å². The van der Waals surface area contributed by atoms with Crippen LogP contribution in [0.5, 0.6) is 11.5 Å². The fourth-order valence-electron chi connectivity index (χ4n) is 3.97. The SMILES string of the molecule is CCC(CC)C(=O)N(Cl)C[C@H](O)[C@@H](N)C[C@H](Cc1ccc(OC)c(OCCCOC)c1)C(C)C. The lowest BCUT2D eigenvalue weighted by molar-refractivity contribution is -0.132. The fourth-order valence-corrected chi connectivity index (χ4v) is 4.25. The topological polar surface area (TPSA) is 94.3 Å². The van der Waals surface area contributed by atoms with Gasteiger partial charge < -0.3 is 25.1 Å². The number of halogens is 1. The van der Waals surface area contributed by atoms with E-state index in [1.807, 2.05) is 32.0 Å². The zero-order chi connectivity index (χ0) is 25.7. The van der Waals surface area contributed by atoms with Gasteiger partial charge >= 0.3 is 0 Å². The number of aliphatic hydroxyl groups excluding tert-OH is 1. The smallest absolute Gasteiger partial charge is 0.240 e. The van der Waals surface area contributed by atoms with Crippen LogP contribution in [0.15, 0.2) is 18.2 Å². The van der Waals surface area contributed by atoms with Gasteiger partial charge in [0.1, 0.15) is 0 Å². The summed E-state index contributed by atoms with van der Waals surface area (Å²) in [6.45, 7) is 9.43. The Labute approximate surface area is 211 Å². The Balaban J connectivity index is 2.80. The molecule has 0 bridgehead atoms. The largest absolute Gasteiger partial charge is 0.493 e. The molecule has 0 radical (unpaired) electrons. The Morgan fingerprint density at radius 3 is 2.38 bits per heavy atom. The molecule has 0 unspecified atom stereocenters. The van der Waals surface area contributed by atoms with E-state index in [4.69, 9.17) is 31.7 Å². The van der Waals surface area contributed by atoms with Crippen LogP contribution in [0.2, 0.25) is 0 Å². The average molecular weight is 501 g/mol. The molecule has 0 saturated carbocycles. The molecule has 3 N–H and O–H groups in total. The predicted molar refractivity (Wildman–Crippen MR) is 137 cm³/mol. The molecule has 0 saturated heterocycles. The molecule has 0 aliphatic rings. The van der Waals surface area contributed by atoms with Crippen molar-refractivity contribution in [2.24, 2.45) is 23.5 Å². The second kappa shape index (κ2) is 16.2. The van der Waals surface area contributed by atoms with Crippen LogP contribution in [0.1, 0.15) is 58.9 Å². The molecule has 1 rings (SSSR count). The first-order valence-electron chi connectivity index (χ1n) is 12.4. The van der Waals surface area contributed by atoms with E-state index >= 15 is 0 Å². The summed E-state index contributed by atoms with van der Waals surface area (Å²) in [6, 6.07) is 5.47. The van der Waals surface area contributed by atoms with Crippen molar-refractivity contribution in [3.63, 3.8) is 0 Å². The molecule has 0 aliphatic heterocycles. The maximum atomic E-state index is 12.4. The van der Waals surface area contributed by atoms with Gasteiger partial charge in [-0.05, 0) is 55.2 Å². The van der Waals surface area contributed by atoms with Crippen LogP contribution in [0, 0.1) is 17.8 Å². The van der Waals surface area contributed by atoms with Gasteiger partial charge in [0.15, 0.2) is 11.5 Å². The van der Waals surface area contributed by atoms with Crippen LogP contribution in [0.25, 0.3) is 0 Å². The van der Waals surface area contributed by atoms with Crippen LogP contribution in [0.4, 0.5) is 0 Å². The van der Waals surface area contributed by atoms with Crippen molar-refractivity contribution in [1.29, 1.82) is 0 Å². The van der Waals surface area contributed by atoms with Crippen molar-refractivity contribution in [3.05, 3.63) is 23.8 Å². The molecule has 0 fully saturated rings. The van der Waals surface area contributed by atoms with Gasteiger partial charge in [-0.15, -0.1) is 0 Å². The molecular formula is C26H45ClN2O5. The van der Waals surface area contributed by atoms with Gasteiger partial charge in [0.05, 0.1) is 26.4 Å². The third-order valence-corrected chi connectivity index (χ3v) is 6.71. The lowest BCUT2D eigenvalue weighted by Crippen LogP contribution is -2.45. The summed E-state index contributed by atoms with van der Waals surface area (Å²) >= 11 is 6.19. The number of carbonyl (C=O) groups excluding carboxylic acids is 1. The lowest BCUT2D eigenvalue weighted by atomic mass is 9.83. The summed E-state index contributed by atoms with van der Waals surface area (Å²) in [4.78, 5) is 12.4. The van der Waals surface area contributed by atoms with Crippen LogP contribution >= 0.6 is 11.8 Å². The number of methoxy groups -OCH3 is 2. The quantitative estimate of drug-likeness (QED) is 0.243. The Kier molecular flexibility index (Phi) is 14.5. The minimum atomic E-state index is -0.896. The minimum Gasteiger partial charge on any atom is -0.493 e. The molecule has 196 valence electrons. The van der Waals surface area contributed by atoms with Crippen molar-refractivity contribution in [2.45, 2.75) is 71.9 Å². The maximum Gasteiger partial charge on any atom is 0.240 e. The number of benzene rings is 1. The van der Waals surface area contributed by atoms with Crippen LogP contribution in [-0.2, 0) is 16.0 Å². The molecule has 0 aliphatic carbocycles. The van der Waals surface area contributed by atoms with Crippen molar-refractivity contribution >= 4 is 17.7 Å². The molecule has 7 nitrogen and oxygen atoms in total. The Morgan fingerprint density at radius 2 is 1.82 bits per heavy atom. The Morgan fingerprint density at radius 1 is 1.15 bits per heavy atom. The zero-order valence-electron chi connectivity index (χ0n) is 21.8. The number of aliphatic hydroxyl groups is 1. The van der Waals surface area contributed by atoms with Crippen molar-refractivity contribution in [1.82, 2.24) is 4.42 Å². The van der Waals surface area contributed by atoms with Gasteiger partial charge in [0.25, 0.3) is 0 Å². The van der Waals surface area contributed by atoms with Gasteiger partial charge in [0, 0.05) is 43.9 Å². The van der Waals surface area contributed by atoms with Crippen molar-refractivity contribution in [2.75, 3.05) is 34.0 Å². The predicted octanol–water partition coefficient (Wildman–Crippen LogP) is 4.42. The zero-order valence-corrected chi connectivity index (χ0v) is 22.5. The third kappa shape index (κ3) is 9.98. The van der Waals surface area contributed by atoms with E-state index in [9.17, 15) is 9.90 Å². The normalized spacial score (nSPS) is 14.2. The van der Waals surface area contributed by atoms with E-state index in [1.54, 1.807) is 14.2 Å². The number of ether oxygens (including phenoxy) is 3. The molecule has 0 spiro atoms. The number of carbonyl (C=O) groups is 1. The van der Waals surface area contributed by atoms with Crippen LogP contribution in [-0.4, -0.2) is 61.6 Å². The van der Waals surface area contributed by atoms with E-state index in [-0.39, 0.29) is 24.3 Å². The van der Waals surface area contributed by atoms with E-state index in [0.717, 1.165) is 35.7 Å². The van der Waals surface area contributed by atoms with Crippen molar-refractivity contribution in [3.8, 4) is 11.5 Å². The van der Waals surface area contributed by atoms with Gasteiger partial charge in [-0.1, -0.05) is 33.8 Å². The number of nitrogens with two attached hydrogens (primary N) is 1. The number of hydrogen-bond donors (Lipinski definition) is 2. The Bertz CT molecular complexity index is 714. The summed E-state index contributed by atoms with van der Waals surface area (Å²) in [5.74, 6) is 1.70. The molecule has 1 aromatic carbocycles. The van der Waals surface area contributed by atoms with Gasteiger partial charge in [0.2, 0.25) is 5.91 Å². The molecule has 1 aromatic rings. The van der Waals surface area contributed by atoms with Crippen LogP contribution < -0.4 is 15.2 Å². The number of hydrogen-bond acceptors (Lipinski definition) is 6. The van der Waals surface area contributed by atoms with E-state index in [1.165, 1.54) is 0 Å².